The average Bonchev–Trinajstić information content (AvgIpc) is 2.41. The van der Waals surface area contributed by atoms with Crippen LogP contribution in [-0.2, 0) is 11.2 Å². The average molecular weight is 260 g/mol. The van der Waals surface area contributed by atoms with Crippen molar-refractivity contribution in [3.8, 4) is 0 Å². The molecule has 0 fully saturated rings. The number of pyridine rings is 1. The van der Waals surface area contributed by atoms with Crippen LogP contribution in [0.2, 0.25) is 0 Å². The zero-order valence-electron chi connectivity index (χ0n) is 10.1. The van der Waals surface area contributed by atoms with Crippen LogP contribution in [0.3, 0.4) is 0 Å². The van der Waals surface area contributed by atoms with Gasteiger partial charge in [0.15, 0.2) is 0 Å². The maximum atomic E-state index is 13.6. The van der Waals surface area contributed by atoms with Crippen molar-refractivity contribution in [1.82, 2.24) is 4.98 Å². The SMILES string of the molecule is O=C(O)CCc1ccc(F)c(Nc2ccccn2)c1. The maximum absolute atomic E-state index is 13.6. The highest BCUT2D eigenvalue weighted by atomic mass is 19.1. The van der Waals surface area contributed by atoms with Gasteiger partial charge in [-0.15, -0.1) is 0 Å². The molecule has 98 valence electrons. The number of aliphatic carboxylic acids is 1. The molecule has 2 rings (SSSR count). The molecular weight excluding hydrogens is 247 g/mol. The predicted octanol–water partition coefficient (Wildman–Crippen LogP) is 2.98. The van der Waals surface area contributed by atoms with Crippen molar-refractivity contribution in [2.45, 2.75) is 12.8 Å². The Morgan fingerprint density at radius 2 is 2.16 bits per heavy atom. The third-order valence-electron chi connectivity index (χ3n) is 2.59. The minimum atomic E-state index is -0.872. The summed E-state index contributed by atoms with van der Waals surface area (Å²) >= 11 is 0. The molecule has 0 atom stereocenters. The van der Waals surface area contributed by atoms with Crippen LogP contribution in [0.1, 0.15) is 12.0 Å². The third kappa shape index (κ3) is 3.77. The van der Waals surface area contributed by atoms with Crippen molar-refractivity contribution >= 4 is 17.5 Å². The van der Waals surface area contributed by atoms with Crippen molar-refractivity contribution in [1.29, 1.82) is 0 Å². The number of rotatable bonds is 5. The molecule has 1 aromatic carbocycles. The maximum Gasteiger partial charge on any atom is 0.303 e. The number of halogens is 1. The summed E-state index contributed by atoms with van der Waals surface area (Å²) in [7, 11) is 0. The van der Waals surface area contributed by atoms with Gasteiger partial charge in [0.2, 0.25) is 0 Å². The molecular formula is C14H13FN2O2. The van der Waals surface area contributed by atoms with E-state index in [0.29, 0.717) is 17.9 Å². The van der Waals surface area contributed by atoms with Crippen LogP contribution in [0.15, 0.2) is 42.6 Å². The van der Waals surface area contributed by atoms with Crippen LogP contribution in [0.4, 0.5) is 15.9 Å². The van der Waals surface area contributed by atoms with Crippen LogP contribution in [0.25, 0.3) is 0 Å². The van der Waals surface area contributed by atoms with Crippen LogP contribution in [0.5, 0.6) is 0 Å². The molecule has 0 radical (unpaired) electrons. The molecule has 0 aliphatic heterocycles. The van der Waals surface area contributed by atoms with Gasteiger partial charge in [0.1, 0.15) is 11.6 Å². The lowest BCUT2D eigenvalue weighted by Gasteiger charge is -2.08. The molecule has 0 spiro atoms. The Morgan fingerprint density at radius 3 is 2.84 bits per heavy atom. The summed E-state index contributed by atoms with van der Waals surface area (Å²) < 4.78 is 13.6. The number of carbonyl (C=O) groups is 1. The molecule has 0 amide bonds. The molecule has 2 N–H and O–H groups in total. The van der Waals surface area contributed by atoms with Crippen LogP contribution >= 0.6 is 0 Å². The number of hydrogen-bond donors (Lipinski definition) is 2. The van der Waals surface area contributed by atoms with Gasteiger partial charge in [0.05, 0.1) is 5.69 Å². The van der Waals surface area contributed by atoms with E-state index in [0.717, 1.165) is 5.56 Å². The van der Waals surface area contributed by atoms with Crippen LogP contribution in [0, 0.1) is 5.82 Å². The molecule has 5 heteroatoms. The predicted molar refractivity (Wildman–Crippen MR) is 69.9 cm³/mol. The molecule has 1 heterocycles. The first-order valence-electron chi connectivity index (χ1n) is 5.83. The molecule has 0 bridgehead atoms. The summed E-state index contributed by atoms with van der Waals surface area (Å²) in [6, 6.07) is 9.80. The number of nitrogens with zero attached hydrogens (tertiary/aromatic N) is 1. The van der Waals surface area contributed by atoms with Crippen molar-refractivity contribution < 1.29 is 14.3 Å². The zero-order chi connectivity index (χ0) is 13.7. The summed E-state index contributed by atoms with van der Waals surface area (Å²) in [5.74, 6) is -0.731. The second-order valence-corrected chi connectivity index (χ2v) is 4.05. The number of anilines is 2. The van der Waals surface area contributed by atoms with E-state index in [1.54, 1.807) is 36.5 Å². The van der Waals surface area contributed by atoms with E-state index < -0.39 is 11.8 Å². The monoisotopic (exact) mass is 260 g/mol. The molecule has 0 saturated heterocycles. The second-order valence-electron chi connectivity index (χ2n) is 4.05. The Balaban J connectivity index is 2.15. The summed E-state index contributed by atoms with van der Waals surface area (Å²) in [6.07, 6.45) is 2.00. The molecule has 4 nitrogen and oxygen atoms in total. The molecule has 19 heavy (non-hydrogen) atoms. The number of carboxylic acids is 1. The van der Waals surface area contributed by atoms with Gasteiger partial charge in [-0.25, -0.2) is 9.37 Å². The van der Waals surface area contributed by atoms with E-state index in [4.69, 9.17) is 5.11 Å². The molecule has 1 aromatic heterocycles. The van der Waals surface area contributed by atoms with Gasteiger partial charge in [0, 0.05) is 12.6 Å². The number of aryl methyl sites for hydroxylation is 1. The Kier molecular flexibility index (Phi) is 4.07. The third-order valence-corrected chi connectivity index (χ3v) is 2.59. The Bertz CT molecular complexity index is 573. The highest BCUT2D eigenvalue weighted by Crippen LogP contribution is 2.20. The van der Waals surface area contributed by atoms with Crippen molar-refractivity contribution in [2.24, 2.45) is 0 Å². The molecule has 2 aromatic rings. The number of nitrogens with one attached hydrogen (secondary N) is 1. The Hall–Kier alpha value is -2.43. The lowest BCUT2D eigenvalue weighted by atomic mass is 10.1. The van der Waals surface area contributed by atoms with E-state index in [9.17, 15) is 9.18 Å². The van der Waals surface area contributed by atoms with E-state index >= 15 is 0 Å². The van der Waals surface area contributed by atoms with Gasteiger partial charge in [0.25, 0.3) is 0 Å². The Morgan fingerprint density at radius 1 is 1.32 bits per heavy atom. The van der Waals surface area contributed by atoms with E-state index in [-0.39, 0.29) is 6.42 Å². The summed E-state index contributed by atoms with van der Waals surface area (Å²) in [4.78, 5) is 14.6. The minimum Gasteiger partial charge on any atom is -0.481 e. The molecule has 0 unspecified atom stereocenters. The first kappa shape index (κ1) is 13.0. The Labute approximate surface area is 109 Å². The lowest BCUT2D eigenvalue weighted by molar-refractivity contribution is -0.136. The van der Waals surface area contributed by atoms with Gasteiger partial charge in [-0.05, 0) is 36.2 Å². The van der Waals surface area contributed by atoms with E-state index in [1.165, 1.54) is 6.07 Å². The number of benzene rings is 1. The van der Waals surface area contributed by atoms with Crippen LogP contribution < -0.4 is 5.32 Å². The fourth-order valence-electron chi connectivity index (χ4n) is 1.65. The topological polar surface area (TPSA) is 62.2 Å². The first-order chi connectivity index (χ1) is 9.15. The quantitative estimate of drug-likeness (QED) is 0.867. The lowest BCUT2D eigenvalue weighted by Crippen LogP contribution is -2.00. The summed E-state index contributed by atoms with van der Waals surface area (Å²) in [6.45, 7) is 0. The summed E-state index contributed by atoms with van der Waals surface area (Å²) in [5, 5.41) is 11.5. The van der Waals surface area contributed by atoms with Crippen molar-refractivity contribution in [3.63, 3.8) is 0 Å². The molecule has 0 aliphatic carbocycles. The standard InChI is InChI=1S/C14H13FN2O2/c15-11-6-4-10(5-7-14(18)19)9-12(11)17-13-3-1-2-8-16-13/h1-4,6,8-9H,5,7H2,(H,16,17)(H,18,19). The normalized spacial score (nSPS) is 10.2. The van der Waals surface area contributed by atoms with Gasteiger partial charge in [-0.1, -0.05) is 12.1 Å². The van der Waals surface area contributed by atoms with Gasteiger partial charge >= 0.3 is 5.97 Å². The van der Waals surface area contributed by atoms with E-state index in [1.807, 2.05) is 0 Å². The van der Waals surface area contributed by atoms with Crippen LogP contribution in [-0.4, -0.2) is 16.1 Å². The van der Waals surface area contributed by atoms with Crippen molar-refractivity contribution in [3.05, 3.63) is 54.0 Å². The molecule has 0 aliphatic rings. The number of carboxylic acid groups (broad SMARTS) is 1. The molecule has 0 saturated carbocycles. The highest BCUT2D eigenvalue weighted by molar-refractivity contribution is 5.67. The minimum absolute atomic E-state index is 0.0225. The van der Waals surface area contributed by atoms with Gasteiger partial charge < -0.3 is 10.4 Å². The van der Waals surface area contributed by atoms with Crippen molar-refractivity contribution in [2.75, 3.05) is 5.32 Å². The number of hydrogen-bond acceptors (Lipinski definition) is 3. The van der Waals surface area contributed by atoms with E-state index in [2.05, 4.69) is 10.3 Å². The van der Waals surface area contributed by atoms with Gasteiger partial charge in [-0.2, -0.15) is 0 Å². The number of aromatic nitrogens is 1. The largest absolute Gasteiger partial charge is 0.481 e. The second kappa shape index (κ2) is 5.95. The zero-order valence-corrected chi connectivity index (χ0v) is 10.1. The van der Waals surface area contributed by atoms with Gasteiger partial charge in [-0.3, -0.25) is 4.79 Å². The highest BCUT2D eigenvalue weighted by Gasteiger charge is 2.06. The smallest absolute Gasteiger partial charge is 0.303 e. The first-order valence-corrected chi connectivity index (χ1v) is 5.83. The fraction of sp³-hybridized carbons (Fsp3) is 0.143. The summed E-state index contributed by atoms with van der Waals surface area (Å²) in [5.41, 5.74) is 1.06. The fourth-order valence-corrected chi connectivity index (χ4v) is 1.65.